The van der Waals surface area contributed by atoms with Crippen LogP contribution in [0.2, 0.25) is 5.02 Å². The highest BCUT2D eigenvalue weighted by Crippen LogP contribution is 2.35. The lowest BCUT2D eigenvalue weighted by Crippen LogP contribution is -2.09. The molecule has 0 fully saturated rings. The summed E-state index contributed by atoms with van der Waals surface area (Å²) in [7, 11) is 0. The second-order valence-electron chi connectivity index (χ2n) is 3.18. The maximum Gasteiger partial charge on any atom is 0.416 e. The Labute approximate surface area is 89.9 Å². The smallest absolute Gasteiger partial charge is 0.295 e. The molecule has 0 N–H and O–H groups in total. The summed E-state index contributed by atoms with van der Waals surface area (Å²) in [6.45, 7) is 2.47. The minimum absolute atomic E-state index is 0.0297. The first-order chi connectivity index (χ1) is 6.73. The SMILES string of the molecule is CC(=O)c1cc(Cl)c(C)c(C(F)(F)F)c1. The highest BCUT2D eigenvalue weighted by atomic mass is 35.5. The molecule has 1 aromatic carbocycles. The van der Waals surface area contributed by atoms with Crippen LogP contribution in [0.1, 0.15) is 28.4 Å². The molecule has 0 saturated carbocycles. The first kappa shape index (κ1) is 12.0. The monoisotopic (exact) mass is 236 g/mol. The van der Waals surface area contributed by atoms with E-state index in [1.807, 2.05) is 0 Å². The number of halogens is 4. The number of ketones is 1. The normalized spacial score (nSPS) is 11.6. The topological polar surface area (TPSA) is 17.1 Å². The molecule has 0 amide bonds. The van der Waals surface area contributed by atoms with Crippen LogP contribution in [-0.2, 0) is 6.18 Å². The molecule has 1 rings (SSSR count). The van der Waals surface area contributed by atoms with Crippen molar-refractivity contribution in [3.05, 3.63) is 33.8 Å². The van der Waals surface area contributed by atoms with Gasteiger partial charge in [-0.15, -0.1) is 0 Å². The lowest BCUT2D eigenvalue weighted by Gasteiger charge is -2.12. The van der Waals surface area contributed by atoms with Gasteiger partial charge in [-0.25, -0.2) is 0 Å². The van der Waals surface area contributed by atoms with Gasteiger partial charge in [-0.05, 0) is 31.5 Å². The van der Waals surface area contributed by atoms with E-state index in [-0.39, 0.29) is 16.1 Å². The van der Waals surface area contributed by atoms with E-state index in [1.165, 1.54) is 19.9 Å². The maximum absolute atomic E-state index is 12.5. The zero-order chi connectivity index (χ0) is 11.8. The first-order valence-electron chi connectivity index (χ1n) is 4.11. The van der Waals surface area contributed by atoms with E-state index in [4.69, 9.17) is 11.6 Å². The van der Waals surface area contributed by atoms with E-state index < -0.39 is 17.5 Å². The van der Waals surface area contributed by atoms with Crippen LogP contribution in [0.5, 0.6) is 0 Å². The quantitative estimate of drug-likeness (QED) is 0.677. The van der Waals surface area contributed by atoms with Gasteiger partial charge in [-0.3, -0.25) is 4.79 Å². The van der Waals surface area contributed by atoms with Gasteiger partial charge in [0.1, 0.15) is 0 Å². The molecule has 0 aliphatic rings. The molecular formula is C10H8ClF3O. The molecule has 0 spiro atoms. The van der Waals surface area contributed by atoms with Gasteiger partial charge in [0, 0.05) is 10.6 Å². The van der Waals surface area contributed by atoms with Crippen LogP contribution in [0.25, 0.3) is 0 Å². The van der Waals surface area contributed by atoms with Gasteiger partial charge < -0.3 is 0 Å². The standard InChI is InChI=1S/C10H8ClF3O/c1-5-8(10(12,13)14)3-7(6(2)15)4-9(5)11/h3-4H,1-2H3. The Morgan fingerprint density at radius 1 is 1.33 bits per heavy atom. The van der Waals surface area contributed by atoms with Gasteiger partial charge in [0.05, 0.1) is 5.56 Å². The summed E-state index contributed by atoms with van der Waals surface area (Å²) in [5.41, 5.74) is -0.952. The van der Waals surface area contributed by atoms with Crippen molar-refractivity contribution in [3.63, 3.8) is 0 Å². The fraction of sp³-hybridized carbons (Fsp3) is 0.300. The van der Waals surface area contributed by atoms with Crippen LogP contribution in [0.4, 0.5) is 13.2 Å². The largest absolute Gasteiger partial charge is 0.416 e. The molecule has 0 saturated heterocycles. The predicted octanol–water partition coefficient (Wildman–Crippen LogP) is 3.87. The third-order valence-corrected chi connectivity index (χ3v) is 2.45. The third kappa shape index (κ3) is 2.50. The van der Waals surface area contributed by atoms with Crippen molar-refractivity contribution < 1.29 is 18.0 Å². The lowest BCUT2D eigenvalue weighted by atomic mass is 10.0. The number of hydrogen-bond acceptors (Lipinski definition) is 1. The molecule has 15 heavy (non-hydrogen) atoms. The lowest BCUT2D eigenvalue weighted by molar-refractivity contribution is -0.138. The van der Waals surface area contributed by atoms with Gasteiger partial charge >= 0.3 is 6.18 Å². The molecule has 0 radical (unpaired) electrons. The molecule has 0 heterocycles. The number of alkyl halides is 3. The van der Waals surface area contributed by atoms with Crippen LogP contribution in [0, 0.1) is 6.92 Å². The van der Waals surface area contributed by atoms with Gasteiger partial charge in [-0.2, -0.15) is 13.2 Å². The molecule has 0 bridgehead atoms. The summed E-state index contributed by atoms with van der Waals surface area (Å²) in [4.78, 5) is 11.0. The van der Waals surface area contributed by atoms with Gasteiger partial charge in [0.2, 0.25) is 0 Å². The molecule has 0 aliphatic heterocycles. The number of carbonyl (C=O) groups excluding carboxylic acids is 1. The zero-order valence-electron chi connectivity index (χ0n) is 8.07. The van der Waals surface area contributed by atoms with E-state index in [0.717, 1.165) is 6.07 Å². The number of rotatable bonds is 1. The minimum atomic E-state index is -4.49. The predicted molar refractivity (Wildman–Crippen MR) is 51.2 cm³/mol. The molecule has 0 aromatic heterocycles. The molecule has 1 nitrogen and oxygen atoms in total. The number of benzene rings is 1. The van der Waals surface area contributed by atoms with E-state index >= 15 is 0 Å². The average Bonchev–Trinajstić information content (AvgIpc) is 2.06. The molecule has 1 aromatic rings. The van der Waals surface area contributed by atoms with Gasteiger partial charge in [0.15, 0.2) is 5.78 Å². The summed E-state index contributed by atoms with van der Waals surface area (Å²) in [6.07, 6.45) is -4.49. The number of Topliss-reactive ketones (excluding diaryl/α,β-unsaturated/α-hetero) is 1. The van der Waals surface area contributed by atoms with Crippen molar-refractivity contribution in [2.45, 2.75) is 20.0 Å². The average molecular weight is 237 g/mol. The Kier molecular flexibility index (Phi) is 3.09. The van der Waals surface area contributed by atoms with Gasteiger partial charge in [-0.1, -0.05) is 11.6 Å². The number of hydrogen-bond donors (Lipinski definition) is 0. The first-order valence-corrected chi connectivity index (χ1v) is 4.49. The van der Waals surface area contributed by atoms with E-state index in [9.17, 15) is 18.0 Å². The van der Waals surface area contributed by atoms with E-state index in [1.54, 1.807) is 0 Å². The molecule has 0 atom stereocenters. The van der Waals surface area contributed by atoms with Crippen molar-refractivity contribution in [1.29, 1.82) is 0 Å². The second-order valence-corrected chi connectivity index (χ2v) is 3.59. The Hall–Kier alpha value is -1.03. The zero-order valence-corrected chi connectivity index (χ0v) is 8.83. The maximum atomic E-state index is 12.5. The fourth-order valence-electron chi connectivity index (χ4n) is 1.18. The van der Waals surface area contributed by atoms with E-state index in [0.29, 0.717) is 0 Å². The van der Waals surface area contributed by atoms with Crippen molar-refractivity contribution in [3.8, 4) is 0 Å². The number of carbonyl (C=O) groups is 1. The van der Waals surface area contributed by atoms with Gasteiger partial charge in [0.25, 0.3) is 0 Å². The third-order valence-electron chi connectivity index (χ3n) is 2.06. The summed E-state index contributed by atoms with van der Waals surface area (Å²) >= 11 is 5.62. The Balaban J connectivity index is 3.45. The Morgan fingerprint density at radius 2 is 1.87 bits per heavy atom. The Bertz CT molecular complexity index is 410. The van der Waals surface area contributed by atoms with Crippen LogP contribution in [0.3, 0.4) is 0 Å². The summed E-state index contributed by atoms with van der Waals surface area (Å²) in [5, 5.41) is -0.0463. The minimum Gasteiger partial charge on any atom is -0.295 e. The molecular weight excluding hydrogens is 229 g/mol. The van der Waals surface area contributed by atoms with Crippen LogP contribution in [-0.4, -0.2) is 5.78 Å². The van der Waals surface area contributed by atoms with Crippen molar-refractivity contribution in [2.75, 3.05) is 0 Å². The summed E-state index contributed by atoms with van der Waals surface area (Å²) in [6, 6.07) is 2.07. The van der Waals surface area contributed by atoms with Crippen LogP contribution < -0.4 is 0 Å². The van der Waals surface area contributed by atoms with E-state index in [2.05, 4.69) is 0 Å². The fourth-order valence-corrected chi connectivity index (χ4v) is 1.40. The molecule has 82 valence electrons. The Morgan fingerprint density at radius 3 is 2.27 bits per heavy atom. The summed E-state index contributed by atoms with van der Waals surface area (Å²) < 4.78 is 37.5. The summed E-state index contributed by atoms with van der Waals surface area (Å²) in [5.74, 6) is -0.442. The van der Waals surface area contributed by atoms with Crippen LogP contribution >= 0.6 is 11.6 Å². The molecule has 0 aliphatic carbocycles. The highest BCUT2D eigenvalue weighted by Gasteiger charge is 2.33. The van der Waals surface area contributed by atoms with Crippen molar-refractivity contribution >= 4 is 17.4 Å². The highest BCUT2D eigenvalue weighted by molar-refractivity contribution is 6.31. The van der Waals surface area contributed by atoms with Crippen molar-refractivity contribution in [2.24, 2.45) is 0 Å². The molecule has 0 unspecified atom stereocenters. The van der Waals surface area contributed by atoms with Crippen molar-refractivity contribution in [1.82, 2.24) is 0 Å². The second kappa shape index (κ2) is 3.85. The van der Waals surface area contributed by atoms with Crippen LogP contribution in [0.15, 0.2) is 12.1 Å². The molecule has 5 heteroatoms.